The quantitative estimate of drug-likeness (QED) is 0.892. The smallest absolute Gasteiger partial charge is 0.271 e. The van der Waals surface area contributed by atoms with E-state index in [0.29, 0.717) is 24.5 Å². The summed E-state index contributed by atoms with van der Waals surface area (Å²) in [5.74, 6) is -0.292. The molecule has 3 heterocycles. The molecule has 1 atom stereocenters. The van der Waals surface area contributed by atoms with E-state index in [4.69, 9.17) is 11.6 Å². The molecule has 1 saturated heterocycles. The fourth-order valence-corrected chi connectivity index (χ4v) is 4.13. The fourth-order valence-electron chi connectivity index (χ4n) is 2.96. The van der Waals surface area contributed by atoms with Gasteiger partial charge in [0.15, 0.2) is 9.84 Å². The molecule has 0 unspecified atom stereocenters. The van der Waals surface area contributed by atoms with E-state index in [-0.39, 0.29) is 21.7 Å². The molecule has 1 aliphatic heterocycles. The second-order valence-corrected chi connectivity index (χ2v) is 8.29. The number of pyridine rings is 1. The van der Waals surface area contributed by atoms with Gasteiger partial charge in [-0.05, 0) is 25.0 Å². The van der Waals surface area contributed by atoms with Crippen molar-refractivity contribution in [3.05, 3.63) is 40.9 Å². The minimum Gasteiger partial charge on any atom is -0.337 e. The first-order valence-corrected chi connectivity index (χ1v) is 9.77. The molecule has 1 amide bonds. The van der Waals surface area contributed by atoms with E-state index >= 15 is 0 Å². The molecule has 7 nitrogen and oxygen atoms in total. The van der Waals surface area contributed by atoms with Crippen molar-refractivity contribution >= 4 is 27.3 Å². The number of halogens is 1. The summed E-state index contributed by atoms with van der Waals surface area (Å²) in [5.41, 5.74) is 0.895. The minimum absolute atomic E-state index is 0.135. The van der Waals surface area contributed by atoms with Gasteiger partial charge >= 0.3 is 0 Å². The first-order chi connectivity index (χ1) is 11.4. The summed E-state index contributed by atoms with van der Waals surface area (Å²) in [5, 5.41) is 6.73. The Morgan fingerprint density at radius 1 is 1.46 bits per heavy atom. The van der Waals surface area contributed by atoms with Crippen molar-refractivity contribution in [2.45, 2.75) is 23.7 Å². The molecule has 3 rings (SSSR count). The minimum atomic E-state index is -3.45. The average molecular weight is 369 g/mol. The summed E-state index contributed by atoms with van der Waals surface area (Å²) >= 11 is 5.91. The van der Waals surface area contributed by atoms with E-state index in [1.54, 1.807) is 11.0 Å². The summed E-state index contributed by atoms with van der Waals surface area (Å²) < 4.78 is 24.1. The number of sulfone groups is 1. The maximum absolute atomic E-state index is 12.5. The lowest BCUT2D eigenvalue weighted by atomic mass is 9.94. The fraction of sp³-hybridized carbons (Fsp3) is 0.400. The monoisotopic (exact) mass is 368 g/mol. The Hall–Kier alpha value is -1.93. The van der Waals surface area contributed by atoms with Crippen molar-refractivity contribution in [1.29, 1.82) is 0 Å². The number of carbonyl (C=O) groups is 1. The van der Waals surface area contributed by atoms with E-state index in [1.807, 2.05) is 0 Å². The maximum atomic E-state index is 12.5. The zero-order chi connectivity index (χ0) is 17.3. The normalized spacial score (nSPS) is 18.6. The van der Waals surface area contributed by atoms with Gasteiger partial charge in [0.05, 0.1) is 15.6 Å². The van der Waals surface area contributed by atoms with E-state index < -0.39 is 9.84 Å². The van der Waals surface area contributed by atoms with E-state index in [0.717, 1.165) is 19.1 Å². The third-order valence-electron chi connectivity index (χ3n) is 4.07. The van der Waals surface area contributed by atoms with E-state index in [2.05, 4.69) is 15.2 Å². The molecule has 0 aromatic carbocycles. The van der Waals surface area contributed by atoms with Crippen molar-refractivity contribution in [2.75, 3.05) is 19.3 Å². The molecule has 1 aliphatic rings. The first-order valence-electron chi connectivity index (χ1n) is 7.50. The van der Waals surface area contributed by atoms with Crippen LogP contribution in [0.25, 0.3) is 0 Å². The lowest BCUT2D eigenvalue weighted by molar-refractivity contribution is 0.0699. The molecule has 0 radical (unpaired) electrons. The number of aromatic nitrogens is 3. The van der Waals surface area contributed by atoms with E-state index in [9.17, 15) is 13.2 Å². The SMILES string of the molecule is CS(=O)(=O)c1cc(Cl)cnc1[C@@H]1CCCN(C(=O)c2ccn[nH]2)C1. The topological polar surface area (TPSA) is 96.0 Å². The van der Waals surface area contributed by atoms with E-state index in [1.165, 1.54) is 18.5 Å². The first kappa shape index (κ1) is 16.9. The average Bonchev–Trinajstić information content (AvgIpc) is 3.08. The van der Waals surface area contributed by atoms with Gasteiger partial charge in [-0.2, -0.15) is 5.10 Å². The number of hydrogen-bond acceptors (Lipinski definition) is 5. The zero-order valence-electron chi connectivity index (χ0n) is 13.1. The number of nitrogens with one attached hydrogen (secondary N) is 1. The van der Waals surface area contributed by atoms with Crippen LogP contribution >= 0.6 is 11.6 Å². The molecule has 0 bridgehead atoms. The number of rotatable bonds is 3. The van der Waals surface area contributed by atoms with Crippen LogP contribution in [0.4, 0.5) is 0 Å². The Kier molecular flexibility index (Phi) is 4.60. The van der Waals surface area contributed by atoms with Crippen LogP contribution in [-0.2, 0) is 9.84 Å². The molecule has 0 saturated carbocycles. The molecular formula is C15H17ClN4O3S. The van der Waals surface area contributed by atoms with Gasteiger partial charge in [0.25, 0.3) is 5.91 Å². The van der Waals surface area contributed by atoms with Gasteiger partial charge in [-0.25, -0.2) is 8.42 Å². The Morgan fingerprint density at radius 2 is 2.25 bits per heavy atom. The number of H-pyrrole nitrogens is 1. The molecule has 0 aliphatic carbocycles. The summed E-state index contributed by atoms with van der Waals surface area (Å²) in [7, 11) is -3.45. The van der Waals surface area contributed by atoms with Crippen LogP contribution in [0.1, 0.15) is 34.9 Å². The highest BCUT2D eigenvalue weighted by Crippen LogP contribution is 2.31. The van der Waals surface area contributed by atoms with Gasteiger partial charge in [-0.1, -0.05) is 11.6 Å². The van der Waals surface area contributed by atoms with Crippen molar-refractivity contribution in [1.82, 2.24) is 20.1 Å². The van der Waals surface area contributed by atoms with Crippen molar-refractivity contribution < 1.29 is 13.2 Å². The molecular weight excluding hydrogens is 352 g/mol. The highest BCUT2D eigenvalue weighted by molar-refractivity contribution is 7.90. The predicted molar refractivity (Wildman–Crippen MR) is 88.8 cm³/mol. The molecule has 0 spiro atoms. The molecule has 2 aromatic heterocycles. The lowest BCUT2D eigenvalue weighted by Crippen LogP contribution is -2.39. The van der Waals surface area contributed by atoms with Gasteiger partial charge in [0.2, 0.25) is 0 Å². The number of likely N-dealkylation sites (tertiary alicyclic amines) is 1. The Morgan fingerprint density at radius 3 is 2.92 bits per heavy atom. The molecule has 1 N–H and O–H groups in total. The zero-order valence-corrected chi connectivity index (χ0v) is 14.6. The number of piperidine rings is 1. The van der Waals surface area contributed by atoms with Crippen LogP contribution in [0.2, 0.25) is 5.02 Å². The Balaban J connectivity index is 1.89. The molecule has 2 aromatic rings. The second kappa shape index (κ2) is 6.52. The van der Waals surface area contributed by atoms with Gasteiger partial charge in [0.1, 0.15) is 5.69 Å². The number of amides is 1. The number of aromatic amines is 1. The molecule has 9 heteroatoms. The predicted octanol–water partition coefficient (Wildman–Crippen LogP) is 1.88. The highest BCUT2D eigenvalue weighted by atomic mass is 35.5. The number of hydrogen-bond donors (Lipinski definition) is 1. The summed E-state index contributed by atoms with van der Waals surface area (Å²) in [6.07, 6.45) is 5.65. The number of carbonyl (C=O) groups excluding carboxylic acids is 1. The molecule has 128 valence electrons. The van der Waals surface area contributed by atoms with Gasteiger partial charge in [-0.3, -0.25) is 14.9 Å². The standard InChI is InChI=1S/C15H17ClN4O3S/c1-24(22,23)13-7-11(16)8-17-14(13)10-3-2-6-20(9-10)15(21)12-4-5-18-19-12/h4-5,7-8,10H,2-3,6,9H2,1H3,(H,18,19)/t10-/m1/s1. The molecule has 1 fully saturated rings. The lowest BCUT2D eigenvalue weighted by Gasteiger charge is -2.32. The van der Waals surface area contributed by atoms with Crippen LogP contribution in [-0.4, -0.2) is 53.8 Å². The van der Waals surface area contributed by atoms with Crippen LogP contribution in [0, 0.1) is 0 Å². The Labute approximate surface area is 145 Å². The largest absolute Gasteiger partial charge is 0.337 e. The van der Waals surface area contributed by atoms with Gasteiger partial charge in [-0.15, -0.1) is 0 Å². The highest BCUT2D eigenvalue weighted by Gasteiger charge is 2.30. The van der Waals surface area contributed by atoms with Crippen molar-refractivity contribution in [3.8, 4) is 0 Å². The summed E-state index contributed by atoms with van der Waals surface area (Å²) in [6.45, 7) is 1.03. The van der Waals surface area contributed by atoms with Crippen LogP contribution in [0.15, 0.2) is 29.4 Å². The van der Waals surface area contributed by atoms with Crippen molar-refractivity contribution in [3.63, 3.8) is 0 Å². The molecule has 24 heavy (non-hydrogen) atoms. The van der Waals surface area contributed by atoms with Crippen LogP contribution in [0.3, 0.4) is 0 Å². The maximum Gasteiger partial charge on any atom is 0.271 e. The third kappa shape index (κ3) is 3.44. The second-order valence-electron chi connectivity index (χ2n) is 5.87. The summed E-state index contributed by atoms with van der Waals surface area (Å²) in [6, 6.07) is 3.04. The van der Waals surface area contributed by atoms with Crippen LogP contribution in [0.5, 0.6) is 0 Å². The van der Waals surface area contributed by atoms with Gasteiger partial charge in [0, 0.05) is 37.7 Å². The van der Waals surface area contributed by atoms with Crippen LogP contribution < -0.4 is 0 Å². The number of nitrogens with zero attached hydrogens (tertiary/aromatic N) is 3. The summed E-state index contributed by atoms with van der Waals surface area (Å²) in [4.78, 5) is 18.6. The Bertz CT molecular complexity index is 852. The van der Waals surface area contributed by atoms with Crippen molar-refractivity contribution in [2.24, 2.45) is 0 Å². The van der Waals surface area contributed by atoms with Gasteiger partial charge < -0.3 is 4.90 Å². The third-order valence-corrected chi connectivity index (χ3v) is 5.41.